The average molecular weight is 448 g/mol. The summed E-state index contributed by atoms with van der Waals surface area (Å²) < 4.78 is 41.1. The molecule has 0 saturated carbocycles. The second kappa shape index (κ2) is 8.26. The number of nitrogens with zero attached hydrogens (tertiary/aromatic N) is 3. The maximum Gasteiger partial charge on any atom is 0.416 e. The zero-order valence-electron chi connectivity index (χ0n) is 16.6. The van der Waals surface area contributed by atoms with E-state index >= 15 is 0 Å². The van der Waals surface area contributed by atoms with E-state index < -0.39 is 11.7 Å². The van der Waals surface area contributed by atoms with E-state index in [1.54, 1.807) is 28.8 Å². The number of hydrogen-bond acceptors (Lipinski definition) is 4. The predicted octanol–water partition coefficient (Wildman–Crippen LogP) is 4.54. The summed E-state index contributed by atoms with van der Waals surface area (Å²) in [4.78, 5) is 30.7. The van der Waals surface area contributed by atoms with Crippen LogP contribution in [0.4, 0.5) is 24.5 Å². The summed E-state index contributed by atoms with van der Waals surface area (Å²) in [6, 6.07) is 10.5. The maximum absolute atomic E-state index is 13.1. The van der Waals surface area contributed by atoms with Crippen molar-refractivity contribution >= 4 is 46.0 Å². The number of alkyl halides is 3. The van der Waals surface area contributed by atoms with Gasteiger partial charge in [0.1, 0.15) is 6.54 Å². The number of anilines is 2. The van der Waals surface area contributed by atoms with Crippen LogP contribution in [0.2, 0.25) is 0 Å². The number of para-hydroxylation sites is 2. The number of amides is 2. The van der Waals surface area contributed by atoms with Crippen molar-refractivity contribution in [3.8, 4) is 0 Å². The topological polar surface area (TPSA) is 67.2 Å². The molecule has 0 unspecified atom stereocenters. The molecule has 10 heteroatoms. The zero-order valence-corrected chi connectivity index (χ0v) is 17.4. The number of benzene rings is 2. The van der Waals surface area contributed by atoms with Crippen LogP contribution in [0.25, 0.3) is 11.0 Å². The van der Waals surface area contributed by atoms with E-state index in [-0.39, 0.29) is 24.1 Å². The molecule has 0 aliphatic carbocycles. The average Bonchev–Trinajstić information content (AvgIpc) is 3.08. The molecule has 31 heavy (non-hydrogen) atoms. The number of hydrogen-bond donors (Lipinski definition) is 1. The first kappa shape index (κ1) is 21.2. The lowest BCUT2D eigenvalue weighted by molar-refractivity contribution is -0.137. The second-order valence-corrected chi connectivity index (χ2v) is 8.02. The van der Waals surface area contributed by atoms with Crippen LogP contribution in [0, 0.1) is 0 Å². The van der Waals surface area contributed by atoms with E-state index in [1.807, 2.05) is 6.92 Å². The van der Waals surface area contributed by atoms with Gasteiger partial charge in [-0.05, 0) is 36.8 Å². The molecule has 0 radical (unpaired) electrons. The largest absolute Gasteiger partial charge is 0.416 e. The minimum Gasteiger partial charge on any atom is -0.323 e. The number of carbonyl (C=O) groups excluding carboxylic acids is 2. The zero-order chi connectivity index (χ0) is 22.2. The monoisotopic (exact) mass is 448 g/mol. The van der Waals surface area contributed by atoms with Gasteiger partial charge in [-0.15, -0.1) is 0 Å². The van der Waals surface area contributed by atoms with Gasteiger partial charge in [0.2, 0.25) is 11.8 Å². The highest BCUT2D eigenvalue weighted by molar-refractivity contribution is 7.99. The molecule has 162 valence electrons. The van der Waals surface area contributed by atoms with Crippen LogP contribution in [-0.4, -0.2) is 33.7 Å². The van der Waals surface area contributed by atoms with Gasteiger partial charge in [-0.2, -0.15) is 13.2 Å². The maximum atomic E-state index is 13.1. The Labute approximate surface area is 180 Å². The Bertz CT molecular complexity index is 1160. The first-order valence-electron chi connectivity index (χ1n) is 9.67. The Morgan fingerprint density at radius 1 is 1.23 bits per heavy atom. The summed E-state index contributed by atoms with van der Waals surface area (Å²) in [5, 5.41) is 3.20. The summed E-state index contributed by atoms with van der Waals surface area (Å²) in [5.41, 5.74) is 1.27. The molecule has 0 saturated heterocycles. The van der Waals surface area contributed by atoms with Crippen molar-refractivity contribution in [3.05, 3.63) is 48.0 Å². The molecule has 3 aromatic rings. The number of aromatic nitrogens is 2. The summed E-state index contributed by atoms with van der Waals surface area (Å²) >= 11 is 1.15. The van der Waals surface area contributed by atoms with Crippen LogP contribution < -0.4 is 10.2 Å². The smallest absolute Gasteiger partial charge is 0.323 e. The Balaban J connectivity index is 1.59. The molecule has 1 aliphatic rings. The van der Waals surface area contributed by atoms with Crippen molar-refractivity contribution in [1.82, 2.24) is 9.55 Å². The molecule has 2 heterocycles. The third-order valence-corrected chi connectivity index (χ3v) is 5.85. The molecule has 6 nitrogen and oxygen atoms in total. The summed E-state index contributed by atoms with van der Waals surface area (Å²) in [7, 11) is 0. The molecule has 2 amide bonds. The van der Waals surface area contributed by atoms with E-state index in [9.17, 15) is 22.8 Å². The first-order chi connectivity index (χ1) is 14.8. The molecule has 1 N–H and O–H groups in total. The van der Waals surface area contributed by atoms with Crippen LogP contribution >= 0.6 is 11.8 Å². The number of imidazole rings is 1. The molecule has 0 spiro atoms. The highest BCUT2D eigenvalue weighted by atomic mass is 32.2. The molecule has 2 aromatic carbocycles. The van der Waals surface area contributed by atoms with Gasteiger partial charge in [0, 0.05) is 6.54 Å². The van der Waals surface area contributed by atoms with Crippen molar-refractivity contribution in [1.29, 1.82) is 0 Å². The minimum absolute atomic E-state index is 0.000772. The predicted molar refractivity (Wildman–Crippen MR) is 113 cm³/mol. The van der Waals surface area contributed by atoms with Gasteiger partial charge in [-0.1, -0.05) is 30.8 Å². The molecule has 1 aliphatic heterocycles. The minimum atomic E-state index is -4.44. The number of nitrogens with one attached hydrogen (secondary N) is 1. The third-order valence-electron chi connectivity index (χ3n) is 4.88. The quantitative estimate of drug-likeness (QED) is 0.582. The fraction of sp³-hybridized carbons (Fsp3) is 0.286. The van der Waals surface area contributed by atoms with Crippen molar-refractivity contribution in [2.24, 2.45) is 0 Å². The number of fused-ring (bicyclic) bond motifs is 2. The van der Waals surface area contributed by atoms with E-state index in [0.717, 1.165) is 23.9 Å². The lowest BCUT2D eigenvalue weighted by atomic mass is 10.2. The van der Waals surface area contributed by atoms with Gasteiger partial charge in [-0.25, -0.2) is 4.98 Å². The van der Waals surface area contributed by atoms with Crippen LogP contribution in [0.3, 0.4) is 0 Å². The van der Waals surface area contributed by atoms with Crippen LogP contribution in [0.1, 0.15) is 18.9 Å². The lowest BCUT2D eigenvalue weighted by Gasteiger charge is -2.29. The number of rotatable bonds is 5. The standard InChI is InChI=1S/C21H19F3N4O2S/c1-2-9-27-17-10-13(21(22,23)24)7-8-15(17)26-20(27)31-12-19(30)28-11-18(29)25-14-5-3-4-6-16(14)28/h3-8,10H,2,9,11-12H2,1H3,(H,25,29). The van der Waals surface area contributed by atoms with Gasteiger partial charge in [0.15, 0.2) is 5.16 Å². The number of aryl methyl sites for hydroxylation is 1. The second-order valence-electron chi connectivity index (χ2n) is 7.08. The Hall–Kier alpha value is -3.01. The molecular weight excluding hydrogens is 429 g/mol. The molecule has 4 rings (SSSR count). The third kappa shape index (κ3) is 4.25. The fourth-order valence-corrected chi connectivity index (χ4v) is 4.40. The number of thioether (sulfide) groups is 1. The first-order valence-corrected chi connectivity index (χ1v) is 10.7. The highest BCUT2D eigenvalue weighted by Crippen LogP contribution is 2.34. The van der Waals surface area contributed by atoms with Crippen LogP contribution in [-0.2, 0) is 22.3 Å². The number of halogens is 3. The van der Waals surface area contributed by atoms with Crippen molar-refractivity contribution in [2.75, 3.05) is 22.5 Å². The highest BCUT2D eigenvalue weighted by Gasteiger charge is 2.31. The SMILES string of the molecule is CCCn1c(SCC(=O)N2CC(=O)Nc3ccccc32)nc2ccc(C(F)(F)F)cc21. The normalized spacial score (nSPS) is 13.9. The van der Waals surface area contributed by atoms with Crippen LogP contribution in [0.5, 0.6) is 0 Å². The Kier molecular flexibility index (Phi) is 5.65. The van der Waals surface area contributed by atoms with Crippen LogP contribution in [0.15, 0.2) is 47.6 Å². The summed E-state index contributed by atoms with van der Waals surface area (Å²) in [5.74, 6) is -0.561. The van der Waals surface area contributed by atoms with Gasteiger partial charge >= 0.3 is 6.18 Å². The molecular formula is C21H19F3N4O2S. The lowest BCUT2D eigenvalue weighted by Crippen LogP contribution is -2.43. The van der Waals surface area contributed by atoms with Gasteiger partial charge in [-0.3, -0.25) is 9.59 Å². The van der Waals surface area contributed by atoms with Gasteiger partial charge < -0.3 is 14.8 Å². The van der Waals surface area contributed by atoms with Crippen molar-refractivity contribution in [3.63, 3.8) is 0 Å². The van der Waals surface area contributed by atoms with Crippen molar-refractivity contribution < 1.29 is 22.8 Å². The Morgan fingerprint density at radius 2 is 2.00 bits per heavy atom. The number of carbonyl (C=O) groups is 2. The molecule has 0 atom stereocenters. The van der Waals surface area contributed by atoms with Crippen molar-refractivity contribution in [2.45, 2.75) is 31.2 Å². The van der Waals surface area contributed by atoms with E-state index in [4.69, 9.17) is 0 Å². The summed E-state index contributed by atoms with van der Waals surface area (Å²) in [6.45, 7) is 2.31. The molecule has 0 bridgehead atoms. The van der Waals surface area contributed by atoms with E-state index in [1.165, 1.54) is 11.0 Å². The van der Waals surface area contributed by atoms with E-state index in [0.29, 0.717) is 40.5 Å². The molecule has 1 aromatic heterocycles. The summed E-state index contributed by atoms with van der Waals surface area (Å²) in [6.07, 6.45) is -3.75. The van der Waals surface area contributed by atoms with Gasteiger partial charge in [0.25, 0.3) is 0 Å². The van der Waals surface area contributed by atoms with Gasteiger partial charge in [0.05, 0.1) is 33.7 Å². The Morgan fingerprint density at radius 3 is 2.74 bits per heavy atom. The molecule has 0 fully saturated rings. The fourth-order valence-electron chi connectivity index (χ4n) is 3.49. The van der Waals surface area contributed by atoms with E-state index in [2.05, 4.69) is 10.3 Å².